The molecule has 0 aliphatic carbocycles. The number of hydrogen-bond acceptors (Lipinski definition) is 6. The van der Waals surface area contributed by atoms with Gasteiger partial charge in [-0.15, -0.1) is 0 Å². The lowest BCUT2D eigenvalue weighted by Gasteiger charge is -2.18. The molecule has 0 spiro atoms. The zero-order chi connectivity index (χ0) is 58.5. The molecule has 0 N–H and O–H groups in total. The Bertz CT molecular complexity index is 1810. The molecule has 81 heavy (non-hydrogen) atoms. The van der Waals surface area contributed by atoms with Crippen molar-refractivity contribution in [2.24, 2.45) is 0 Å². The molecule has 0 fully saturated rings. The standard InChI is InChI=1S/C75H120O6/c1-4-7-10-13-16-19-22-25-28-31-33-34-35-36-37-38-39-40-42-44-47-50-53-56-59-62-65-68-74(77)80-71-72(70-79-73(76)67-64-61-58-55-52-49-46-43-30-27-24-21-18-15-12-9-6-3)81-75(78)69-66-63-60-57-54-51-48-45-41-32-29-26-23-20-17-14-11-8-5-2/h7-12,16-21,25-30,33-34,41,45,51,54,60,63,72H,4-6,13-15,22-24,31-32,35-40,42-44,46-50,52-53,55-59,61-62,64-71H2,1-3H3/b10-7-,11-8-,12-9-,19-16-,20-17-,21-18-,28-25-,29-26-,30-27-,34-33-,45-41-,54-51-,63-60-. The minimum absolute atomic E-state index is 0.117. The summed E-state index contributed by atoms with van der Waals surface area (Å²) >= 11 is 0. The van der Waals surface area contributed by atoms with Crippen LogP contribution in [0.15, 0.2) is 158 Å². The van der Waals surface area contributed by atoms with E-state index in [1.54, 1.807) is 0 Å². The van der Waals surface area contributed by atoms with Crippen molar-refractivity contribution in [2.45, 2.75) is 284 Å². The van der Waals surface area contributed by atoms with Crippen molar-refractivity contribution >= 4 is 17.9 Å². The number of allylic oxidation sites excluding steroid dienone is 26. The second-order valence-electron chi connectivity index (χ2n) is 21.2. The summed E-state index contributed by atoms with van der Waals surface area (Å²) in [7, 11) is 0. The SMILES string of the molecule is CC/C=C\C/C=C\C/C=C\C/C=C\C/C=C\C/C=C\CCC(=O)OC(COC(=O)CCCCCCCCC/C=C\C/C=C\C/C=C\CC)COC(=O)CCCCCCCCCCCCCCCC/C=C\C/C=C\C/C=C\C/C=C\CC. The van der Waals surface area contributed by atoms with Crippen molar-refractivity contribution in [3.05, 3.63) is 158 Å². The van der Waals surface area contributed by atoms with E-state index in [4.69, 9.17) is 14.2 Å². The van der Waals surface area contributed by atoms with E-state index >= 15 is 0 Å². The minimum Gasteiger partial charge on any atom is -0.462 e. The van der Waals surface area contributed by atoms with Crippen LogP contribution in [-0.4, -0.2) is 37.2 Å². The van der Waals surface area contributed by atoms with E-state index in [9.17, 15) is 14.4 Å². The molecule has 0 radical (unpaired) electrons. The Balaban J connectivity index is 4.44. The third-order valence-electron chi connectivity index (χ3n) is 13.5. The fourth-order valence-electron chi connectivity index (χ4n) is 8.71. The molecule has 0 heterocycles. The Morgan fingerprint density at radius 1 is 0.247 bits per heavy atom. The summed E-state index contributed by atoms with van der Waals surface area (Å²) in [4.78, 5) is 38.4. The van der Waals surface area contributed by atoms with Crippen molar-refractivity contribution in [3.8, 4) is 0 Å². The van der Waals surface area contributed by atoms with Gasteiger partial charge in [0.25, 0.3) is 0 Å². The van der Waals surface area contributed by atoms with Gasteiger partial charge in [-0.25, -0.2) is 0 Å². The van der Waals surface area contributed by atoms with E-state index < -0.39 is 12.1 Å². The van der Waals surface area contributed by atoms with Crippen LogP contribution in [-0.2, 0) is 28.6 Å². The van der Waals surface area contributed by atoms with Gasteiger partial charge in [0.05, 0.1) is 0 Å². The summed E-state index contributed by atoms with van der Waals surface area (Å²) in [6.07, 6.45) is 98.4. The monoisotopic (exact) mass is 1120 g/mol. The molecule has 1 unspecified atom stereocenters. The molecular formula is C75H120O6. The third kappa shape index (κ3) is 65.7. The highest BCUT2D eigenvalue weighted by atomic mass is 16.6. The normalized spacial score (nSPS) is 13.2. The van der Waals surface area contributed by atoms with E-state index in [1.807, 2.05) is 6.08 Å². The van der Waals surface area contributed by atoms with Gasteiger partial charge >= 0.3 is 17.9 Å². The number of unbranched alkanes of at least 4 members (excludes halogenated alkanes) is 21. The minimum atomic E-state index is -0.831. The van der Waals surface area contributed by atoms with Gasteiger partial charge in [-0.3, -0.25) is 14.4 Å². The predicted octanol–water partition coefficient (Wildman–Crippen LogP) is 22.9. The highest BCUT2D eigenvalue weighted by Crippen LogP contribution is 2.16. The number of hydrogen-bond donors (Lipinski definition) is 0. The molecule has 0 saturated heterocycles. The first-order valence-corrected chi connectivity index (χ1v) is 33.0. The average Bonchev–Trinajstić information content (AvgIpc) is 3.47. The second kappa shape index (κ2) is 67.5. The zero-order valence-corrected chi connectivity index (χ0v) is 52.2. The van der Waals surface area contributed by atoms with Gasteiger partial charge in [-0.1, -0.05) is 288 Å². The van der Waals surface area contributed by atoms with Crippen LogP contribution in [0.25, 0.3) is 0 Å². The first kappa shape index (κ1) is 76.0. The Kier molecular flexibility index (Phi) is 63.4. The fraction of sp³-hybridized carbons (Fsp3) is 0.613. The molecule has 0 aliphatic heterocycles. The second-order valence-corrected chi connectivity index (χ2v) is 21.2. The molecule has 0 aliphatic rings. The van der Waals surface area contributed by atoms with Gasteiger partial charge in [0.1, 0.15) is 13.2 Å². The van der Waals surface area contributed by atoms with E-state index in [0.717, 1.165) is 128 Å². The van der Waals surface area contributed by atoms with Crippen LogP contribution < -0.4 is 0 Å². The van der Waals surface area contributed by atoms with Crippen LogP contribution in [0.3, 0.4) is 0 Å². The molecule has 0 saturated carbocycles. The zero-order valence-electron chi connectivity index (χ0n) is 52.2. The van der Waals surface area contributed by atoms with E-state index in [0.29, 0.717) is 19.3 Å². The molecule has 6 heteroatoms. The van der Waals surface area contributed by atoms with Gasteiger partial charge in [0.15, 0.2) is 6.10 Å². The quantitative estimate of drug-likeness (QED) is 0.0261. The van der Waals surface area contributed by atoms with Crippen LogP contribution in [0.2, 0.25) is 0 Å². The van der Waals surface area contributed by atoms with Crippen molar-refractivity contribution in [1.29, 1.82) is 0 Å². The smallest absolute Gasteiger partial charge is 0.306 e. The summed E-state index contributed by atoms with van der Waals surface area (Å²) in [5.41, 5.74) is 0. The van der Waals surface area contributed by atoms with Crippen molar-refractivity contribution < 1.29 is 28.6 Å². The van der Waals surface area contributed by atoms with Gasteiger partial charge in [-0.2, -0.15) is 0 Å². The number of ether oxygens (including phenoxy) is 3. The molecule has 0 aromatic heterocycles. The Morgan fingerprint density at radius 3 is 0.741 bits per heavy atom. The van der Waals surface area contributed by atoms with E-state index in [-0.39, 0.29) is 31.6 Å². The van der Waals surface area contributed by atoms with Crippen molar-refractivity contribution in [2.75, 3.05) is 13.2 Å². The summed E-state index contributed by atoms with van der Waals surface area (Å²) < 4.78 is 16.9. The van der Waals surface area contributed by atoms with E-state index in [2.05, 4.69) is 173 Å². The molecule has 456 valence electrons. The lowest BCUT2D eigenvalue weighted by molar-refractivity contribution is -0.166. The number of rotatable bonds is 58. The van der Waals surface area contributed by atoms with Gasteiger partial charge in [0.2, 0.25) is 0 Å². The molecule has 0 aromatic rings. The Hall–Kier alpha value is -4.97. The molecule has 0 rings (SSSR count). The largest absolute Gasteiger partial charge is 0.462 e. The average molecular weight is 1120 g/mol. The number of carbonyl (C=O) groups excluding carboxylic acids is 3. The van der Waals surface area contributed by atoms with E-state index in [1.165, 1.54) is 103 Å². The topological polar surface area (TPSA) is 78.9 Å². The van der Waals surface area contributed by atoms with Crippen LogP contribution in [0, 0.1) is 0 Å². The van der Waals surface area contributed by atoms with Gasteiger partial charge in [-0.05, 0) is 128 Å². The number of esters is 3. The summed E-state index contributed by atoms with van der Waals surface area (Å²) in [5, 5.41) is 0. The van der Waals surface area contributed by atoms with Crippen LogP contribution in [0.4, 0.5) is 0 Å². The predicted molar refractivity (Wildman–Crippen MR) is 352 cm³/mol. The first-order valence-electron chi connectivity index (χ1n) is 33.0. The number of carbonyl (C=O) groups is 3. The summed E-state index contributed by atoms with van der Waals surface area (Å²) in [6, 6.07) is 0. The van der Waals surface area contributed by atoms with Crippen LogP contribution in [0.5, 0.6) is 0 Å². The molecule has 0 amide bonds. The maximum atomic E-state index is 12.9. The molecule has 0 aromatic carbocycles. The maximum absolute atomic E-state index is 12.9. The summed E-state index contributed by atoms with van der Waals surface area (Å²) in [6.45, 7) is 6.24. The van der Waals surface area contributed by atoms with Gasteiger partial charge in [0, 0.05) is 19.3 Å². The highest BCUT2D eigenvalue weighted by molar-refractivity contribution is 5.71. The fourth-order valence-corrected chi connectivity index (χ4v) is 8.71. The first-order chi connectivity index (χ1) is 40.0. The third-order valence-corrected chi connectivity index (χ3v) is 13.5. The highest BCUT2D eigenvalue weighted by Gasteiger charge is 2.19. The molecule has 6 nitrogen and oxygen atoms in total. The van der Waals surface area contributed by atoms with Crippen LogP contribution >= 0.6 is 0 Å². The van der Waals surface area contributed by atoms with Crippen LogP contribution in [0.1, 0.15) is 278 Å². The van der Waals surface area contributed by atoms with Crippen molar-refractivity contribution in [3.63, 3.8) is 0 Å². The lowest BCUT2D eigenvalue weighted by atomic mass is 10.0. The molecule has 1 atom stereocenters. The summed E-state index contributed by atoms with van der Waals surface area (Å²) in [5.74, 6) is -1.01. The molecular weight excluding hydrogens is 997 g/mol. The van der Waals surface area contributed by atoms with Gasteiger partial charge < -0.3 is 14.2 Å². The molecule has 0 bridgehead atoms. The maximum Gasteiger partial charge on any atom is 0.306 e. The Morgan fingerprint density at radius 2 is 0.469 bits per heavy atom. The van der Waals surface area contributed by atoms with Crippen molar-refractivity contribution in [1.82, 2.24) is 0 Å². The lowest BCUT2D eigenvalue weighted by Crippen LogP contribution is -2.30. The Labute approximate surface area is 499 Å².